The molecule has 1 rings (SSSR count). The van der Waals surface area contributed by atoms with Crippen LogP contribution in [-0.2, 0) is 0 Å². The Morgan fingerprint density at radius 2 is 2.29 bits per heavy atom. The number of hydrogen-bond acceptors (Lipinski definition) is 4. The molecule has 94 valence electrons. The summed E-state index contributed by atoms with van der Waals surface area (Å²) in [6, 6.07) is 4.90. The third kappa shape index (κ3) is 3.64. The first-order valence-corrected chi connectivity index (χ1v) is 5.41. The summed E-state index contributed by atoms with van der Waals surface area (Å²) in [5.41, 5.74) is 6.53. The van der Waals surface area contributed by atoms with Crippen LogP contribution in [0.4, 0.5) is 5.69 Å². The summed E-state index contributed by atoms with van der Waals surface area (Å²) in [6.45, 7) is 2.30. The standard InChI is InChI=1S/C12H18N2O3/c1-8(7-15)6-14-12(16)10-4-3-9(17-2)5-11(10)13/h3-5,8,15H,6-7,13H2,1-2H3,(H,14,16). The van der Waals surface area contributed by atoms with Gasteiger partial charge < -0.3 is 20.9 Å². The van der Waals surface area contributed by atoms with Gasteiger partial charge in [-0.2, -0.15) is 0 Å². The number of nitrogens with two attached hydrogens (primary N) is 1. The first kappa shape index (κ1) is 13.3. The average molecular weight is 238 g/mol. The molecule has 1 atom stereocenters. The molecule has 4 N–H and O–H groups in total. The SMILES string of the molecule is COc1ccc(C(=O)NCC(C)CO)c(N)c1. The van der Waals surface area contributed by atoms with Crippen LogP contribution in [-0.4, -0.2) is 31.3 Å². The van der Waals surface area contributed by atoms with Gasteiger partial charge in [0.1, 0.15) is 5.75 Å². The highest BCUT2D eigenvalue weighted by Gasteiger charge is 2.11. The van der Waals surface area contributed by atoms with E-state index in [1.54, 1.807) is 18.2 Å². The highest BCUT2D eigenvalue weighted by atomic mass is 16.5. The molecule has 5 nitrogen and oxygen atoms in total. The molecule has 0 saturated carbocycles. The molecule has 5 heteroatoms. The van der Waals surface area contributed by atoms with Crippen molar-refractivity contribution in [3.63, 3.8) is 0 Å². The molecule has 1 aromatic rings. The van der Waals surface area contributed by atoms with Gasteiger partial charge >= 0.3 is 0 Å². The Labute approximate surface area is 101 Å². The van der Waals surface area contributed by atoms with E-state index in [2.05, 4.69) is 5.32 Å². The number of anilines is 1. The number of benzene rings is 1. The third-order valence-corrected chi connectivity index (χ3v) is 2.43. The van der Waals surface area contributed by atoms with E-state index in [1.807, 2.05) is 6.92 Å². The second-order valence-electron chi connectivity index (χ2n) is 3.95. The fraction of sp³-hybridized carbons (Fsp3) is 0.417. The van der Waals surface area contributed by atoms with E-state index in [4.69, 9.17) is 15.6 Å². The van der Waals surface area contributed by atoms with Crippen molar-refractivity contribution in [1.29, 1.82) is 0 Å². The highest BCUT2D eigenvalue weighted by molar-refractivity contribution is 5.99. The smallest absolute Gasteiger partial charge is 0.253 e. The van der Waals surface area contributed by atoms with Crippen molar-refractivity contribution in [1.82, 2.24) is 5.32 Å². The summed E-state index contributed by atoms with van der Waals surface area (Å²) in [5.74, 6) is 0.395. The molecule has 0 radical (unpaired) electrons. The normalized spacial score (nSPS) is 11.9. The first-order chi connectivity index (χ1) is 8.08. The number of rotatable bonds is 5. The van der Waals surface area contributed by atoms with Crippen molar-refractivity contribution in [2.45, 2.75) is 6.92 Å². The summed E-state index contributed by atoms with van der Waals surface area (Å²) >= 11 is 0. The van der Waals surface area contributed by atoms with Crippen LogP contribution < -0.4 is 15.8 Å². The quantitative estimate of drug-likeness (QED) is 0.657. The van der Waals surface area contributed by atoms with Crippen LogP contribution in [0.1, 0.15) is 17.3 Å². The zero-order valence-electron chi connectivity index (χ0n) is 10.1. The van der Waals surface area contributed by atoms with Gasteiger partial charge in [-0.25, -0.2) is 0 Å². The number of hydrogen-bond donors (Lipinski definition) is 3. The van der Waals surface area contributed by atoms with E-state index >= 15 is 0 Å². The maximum Gasteiger partial charge on any atom is 0.253 e. The van der Waals surface area contributed by atoms with E-state index in [1.165, 1.54) is 7.11 Å². The van der Waals surface area contributed by atoms with Gasteiger partial charge in [0.05, 0.1) is 12.7 Å². The van der Waals surface area contributed by atoms with Crippen molar-refractivity contribution < 1.29 is 14.6 Å². The van der Waals surface area contributed by atoms with E-state index in [0.717, 1.165) is 0 Å². The predicted octanol–water partition coefficient (Wildman–Crippen LogP) is 0.636. The van der Waals surface area contributed by atoms with Gasteiger partial charge in [-0.15, -0.1) is 0 Å². The largest absolute Gasteiger partial charge is 0.497 e. The van der Waals surface area contributed by atoms with Crippen LogP contribution in [0.5, 0.6) is 5.75 Å². The first-order valence-electron chi connectivity index (χ1n) is 5.41. The van der Waals surface area contributed by atoms with Gasteiger partial charge in [0.2, 0.25) is 0 Å². The minimum atomic E-state index is -0.245. The Kier molecular flexibility index (Phi) is 4.78. The average Bonchev–Trinajstić information content (AvgIpc) is 2.35. The fourth-order valence-corrected chi connectivity index (χ4v) is 1.30. The molecule has 0 heterocycles. The monoisotopic (exact) mass is 238 g/mol. The molecule has 0 aromatic heterocycles. The number of nitrogen functional groups attached to an aromatic ring is 1. The second kappa shape index (κ2) is 6.10. The zero-order chi connectivity index (χ0) is 12.8. The van der Waals surface area contributed by atoms with Crippen LogP contribution in [0.15, 0.2) is 18.2 Å². The summed E-state index contributed by atoms with van der Waals surface area (Å²) in [7, 11) is 1.54. The maximum atomic E-state index is 11.8. The van der Waals surface area contributed by atoms with Crippen molar-refractivity contribution in [2.24, 2.45) is 5.92 Å². The molecule has 17 heavy (non-hydrogen) atoms. The highest BCUT2D eigenvalue weighted by Crippen LogP contribution is 2.19. The number of amides is 1. The van der Waals surface area contributed by atoms with E-state index < -0.39 is 0 Å². The molecule has 1 unspecified atom stereocenters. The number of aliphatic hydroxyl groups excluding tert-OH is 1. The topological polar surface area (TPSA) is 84.6 Å². The third-order valence-electron chi connectivity index (χ3n) is 2.43. The minimum Gasteiger partial charge on any atom is -0.497 e. The summed E-state index contributed by atoms with van der Waals surface area (Å²) in [6.07, 6.45) is 0. The van der Waals surface area contributed by atoms with Crippen molar-refractivity contribution >= 4 is 11.6 Å². The number of methoxy groups -OCH3 is 1. The van der Waals surface area contributed by atoms with Crippen LogP contribution >= 0.6 is 0 Å². The molecule has 0 saturated heterocycles. The van der Waals surface area contributed by atoms with Gasteiger partial charge in [0, 0.05) is 24.9 Å². The lowest BCUT2D eigenvalue weighted by Gasteiger charge is -2.11. The second-order valence-corrected chi connectivity index (χ2v) is 3.95. The lowest BCUT2D eigenvalue weighted by atomic mass is 10.1. The fourth-order valence-electron chi connectivity index (χ4n) is 1.30. The minimum absolute atomic E-state index is 0.0263. The number of carbonyl (C=O) groups excluding carboxylic acids is 1. The van der Waals surface area contributed by atoms with Crippen LogP contribution in [0.25, 0.3) is 0 Å². The Balaban J connectivity index is 2.69. The molecular weight excluding hydrogens is 220 g/mol. The lowest BCUT2D eigenvalue weighted by Crippen LogP contribution is -2.30. The molecule has 0 bridgehead atoms. The Morgan fingerprint density at radius 1 is 1.59 bits per heavy atom. The Hall–Kier alpha value is -1.75. The van der Waals surface area contributed by atoms with Gasteiger partial charge in [-0.05, 0) is 18.1 Å². The maximum absolute atomic E-state index is 11.8. The summed E-state index contributed by atoms with van der Waals surface area (Å²) < 4.78 is 5.00. The summed E-state index contributed by atoms with van der Waals surface area (Å²) in [5, 5.41) is 11.6. The molecule has 0 spiro atoms. The van der Waals surface area contributed by atoms with Gasteiger partial charge in [0.25, 0.3) is 5.91 Å². The van der Waals surface area contributed by atoms with Crippen LogP contribution in [0, 0.1) is 5.92 Å². The lowest BCUT2D eigenvalue weighted by molar-refractivity contribution is 0.0943. The van der Waals surface area contributed by atoms with Gasteiger partial charge in [-0.3, -0.25) is 4.79 Å². The number of ether oxygens (including phenoxy) is 1. The molecule has 0 aliphatic heterocycles. The molecule has 0 aliphatic carbocycles. The van der Waals surface area contributed by atoms with Gasteiger partial charge in [0.15, 0.2) is 0 Å². The number of nitrogens with one attached hydrogen (secondary N) is 1. The summed E-state index contributed by atoms with van der Waals surface area (Å²) in [4.78, 5) is 11.8. The van der Waals surface area contributed by atoms with Crippen LogP contribution in [0.2, 0.25) is 0 Å². The molecule has 1 aromatic carbocycles. The van der Waals surface area contributed by atoms with Crippen molar-refractivity contribution in [3.05, 3.63) is 23.8 Å². The molecule has 0 fully saturated rings. The zero-order valence-corrected chi connectivity index (χ0v) is 10.1. The Morgan fingerprint density at radius 3 is 2.82 bits per heavy atom. The van der Waals surface area contributed by atoms with E-state index in [0.29, 0.717) is 23.5 Å². The van der Waals surface area contributed by atoms with E-state index in [-0.39, 0.29) is 18.4 Å². The molecular formula is C12H18N2O3. The van der Waals surface area contributed by atoms with E-state index in [9.17, 15) is 4.79 Å². The molecule has 1 amide bonds. The van der Waals surface area contributed by atoms with Gasteiger partial charge in [-0.1, -0.05) is 6.92 Å². The Bertz CT molecular complexity index is 393. The number of carbonyl (C=O) groups is 1. The predicted molar refractivity (Wildman–Crippen MR) is 66.0 cm³/mol. The number of aliphatic hydroxyl groups is 1. The molecule has 0 aliphatic rings. The van der Waals surface area contributed by atoms with Crippen molar-refractivity contribution in [3.8, 4) is 5.75 Å². The van der Waals surface area contributed by atoms with Crippen molar-refractivity contribution in [2.75, 3.05) is 26.0 Å². The van der Waals surface area contributed by atoms with Crippen LogP contribution in [0.3, 0.4) is 0 Å².